The molecule has 0 atom stereocenters. The van der Waals surface area contributed by atoms with Crippen molar-refractivity contribution in [1.82, 2.24) is 4.98 Å². The van der Waals surface area contributed by atoms with Crippen molar-refractivity contribution in [3.63, 3.8) is 0 Å². The third-order valence-electron chi connectivity index (χ3n) is 4.22. The lowest BCUT2D eigenvalue weighted by Crippen LogP contribution is -2.03. The van der Waals surface area contributed by atoms with Crippen LogP contribution in [0.3, 0.4) is 0 Å². The largest absolute Gasteiger partial charge is 0.493 e. The Morgan fingerprint density at radius 2 is 1.74 bits per heavy atom. The lowest BCUT2D eigenvalue weighted by Gasteiger charge is -2.09. The molecule has 0 aliphatic heterocycles. The highest BCUT2D eigenvalue weighted by Gasteiger charge is 2.20. The molecule has 3 aromatic rings. The summed E-state index contributed by atoms with van der Waals surface area (Å²) in [7, 11) is 3.08. The number of ether oxygens (including phenoxy) is 2. The summed E-state index contributed by atoms with van der Waals surface area (Å²) in [6.45, 7) is 4.03. The zero-order chi connectivity index (χ0) is 19.6. The number of thiazole rings is 1. The van der Waals surface area contributed by atoms with Crippen LogP contribution in [-0.4, -0.2) is 25.0 Å². The second kappa shape index (κ2) is 7.67. The van der Waals surface area contributed by atoms with Gasteiger partial charge in [0.2, 0.25) is 5.78 Å². The van der Waals surface area contributed by atoms with E-state index < -0.39 is 0 Å². The smallest absolute Gasteiger partial charge is 0.206 e. The molecule has 3 N–H and O–H groups in total. The van der Waals surface area contributed by atoms with Crippen LogP contribution in [0, 0.1) is 13.8 Å². The van der Waals surface area contributed by atoms with Crippen molar-refractivity contribution in [3.8, 4) is 11.5 Å². The summed E-state index contributed by atoms with van der Waals surface area (Å²) in [4.78, 5) is 17.6. The fraction of sp³-hybridized carbons (Fsp3) is 0.200. The van der Waals surface area contributed by atoms with E-state index in [1.54, 1.807) is 25.3 Å². The van der Waals surface area contributed by atoms with Crippen LogP contribution in [0.5, 0.6) is 11.5 Å². The summed E-state index contributed by atoms with van der Waals surface area (Å²) in [6, 6.07) is 11.0. The number of nitrogens with zero attached hydrogens (tertiary/aromatic N) is 1. The lowest BCUT2D eigenvalue weighted by molar-refractivity contribution is 0.104. The van der Waals surface area contributed by atoms with Gasteiger partial charge in [0.1, 0.15) is 10.7 Å². The standard InChI is InChI=1S/C20H21N3O3S/c1-11-6-5-7-12(2)16(11)22-20-23-19(21)18(27-20)17(24)13-8-9-14(25-3)15(10-13)26-4/h5-10H,21H2,1-4H3,(H,22,23). The van der Waals surface area contributed by atoms with Gasteiger partial charge in [-0.25, -0.2) is 4.98 Å². The summed E-state index contributed by atoms with van der Waals surface area (Å²) in [5.41, 5.74) is 9.64. The summed E-state index contributed by atoms with van der Waals surface area (Å²) < 4.78 is 10.5. The van der Waals surface area contributed by atoms with Gasteiger partial charge in [-0.1, -0.05) is 29.5 Å². The first-order valence-corrected chi connectivity index (χ1v) is 9.12. The van der Waals surface area contributed by atoms with Crippen molar-refractivity contribution < 1.29 is 14.3 Å². The summed E-state index contributed by atoms with van der Waals surface area (Å²) in [6.07, 6.45) is 0. The molecule has 6 nitrogen and oxygen atoms in total. The Balaban J connectivity index is 1.91. The number of carbonyl (C=O) groups is 1. The minimum Gasteiger partial charge on any atom is -0.493 e. The molecule has 0 bridgehead atoms. The van der Waals surface area contributed by atoms with E-state index in [1.165, 1.54) is 18.4 Å². The minimum atomic E-state index is -0.208. The molecule has 0 spiro atoms. The summed E-state index contributed by atoms with van der Waals surface area (Å²) in [5, 5.41) is 3.86. The van der Waals surface area contributed by atoms with E-state index in [4.69, 9.17) is 15.2 Å². The monoisotopic (exact) mass is 383 g/mol. The molecule has 0 amide bonds. The zero-order valence-electron chi connectivity index (χ0n) is 15.6. The van der Waals surface area contributed by atoms with Crippen molar-refractivity contribution >= 4 is 33.8 Å². The van der Waals surface area contributed by atoms with Crippen LogP contribution in [0.2, 0.25) is 0 Å². The number of methoxy groups -OCH3 is 2. The zero-order valence-corrected chi connectivity index (χ0v) is 16.4. The fourth-order valence-corrected chi connectivity index (χ4v) is 3.63. The van der Waals surface area contributed by atoms with Crippen molar-refractivity contribution in [2.75, 3.05) is 25.3 Å². The van der Waals surface area contributed by atoms with Crippen LogP contribution in [-0.2, 0) is 0 Å². The highest BCUT2D eigenvalue weighted by molar-refractivity contribution is 7.18. The quantitative estimate of drug-likeness (QED) is 0.616. The van der Waals surface area contributed by atoms with Gasteiger partial charge >= 0.3 is 0 Å². The van der Waals surface area contributed by atoms with Gasteiger partial charge in [0.25, 0.3) is 0 Å². The molecule has 0 aliphatic carbocycles. The third-order valence-corrected chi connectivity index (χ3v) is 5.20. The average Bonchev–Trinajstić information content (AvgIpc) is 3.04. The van der Waals surface area contributed by atoms with Gasteiger partial charge in [0.05, 0.1) is 14.2 Å². The number of para-hydroxylation sites is 1. The number of nitrogens with two attached hydrogens (primary N) is 1. The second-order valence-electron chi connectivity index (χ2n) is 6.02. The molecule has 0 radical (unpaired) electrons. The molecule has 27 heavy (non-hydrogen) atoms. The molecule has 3 rings (SSSR count). The molecule has 0 aliphatic rings. The van der Waals surface area contributed by atoms with Crippen LogP contribution in [0.4, 0.5) is 16.6 Å². The number of aryl methyl sites for hydroxylation is 2. The van der Waals surface area contributed by atoms with Gasteiger partial charge in [0.15, 0.2) is 16.6 Å². The Morgan fingerprint density at radius 3 is 2.37 bits per heavy atom. The molecule has 0 unspecified atom stereocenters. The predicted octanol–water partition coefficient (Wildman–Crippen LogP) is 4.33. The number of nitrogens with one attached hydrogen (secondary N) is 1. The van der Waals surface area contributed by atoms with E-state index in [0.29, 0.717) is 27.1 Å². The van der Waals surface area contributed by atoms with Crippen molar-refractivity contribution in [3.05, 3.63) is 58.0 Å². The van der Waals surface area contributed by atoms with E-state index in [2.05, 4.69) is 10.3 Å². The molecule has 1 aromatic heterocycles. The van der Waals surface area contributed by atoms with E-state index in [0.717, 1.165) is 16.8 Å². The predicted molar refractivity (Wildman–Crippen MR) is 109 cm³/mol. The summed E-state index contributed by atoms with van der Waals surface area (Å²) >= 11 is 1.23. The molecular formula is C20H21N3O3S. The van der Waals surface area contributed by atoms with Crippen LogP contribution < -0.4 is 20.5 Å². The van der Waals surface area contributed by atoms with Crippen LogP contribution in [0.1, 0.15) is 26.4 Å². The second-order valence-corrected chi connectivity index (χ2v) is 7.02. The molecule has 140 valence electrons. The number of nitrogen functional groups attached to an aromatic ring is 1. The van der Waals surface area contributed by atoms with Gasteiger partial charge < -0.3 is 20.5 Å². The Hall–Kier alpha value is -3.06. The highest BCUT2D eigenvalue weighted by Crippen LogP contribution is 2.34. The first-order valence-electron chi connectivity index (χ1n) is 8.31. The number of hydrogen-bond acceptors (Lipinski definition) is 7. The maximum atomic E-state index is 12.9. The van der Waals surface area contributed by atoms with Crippen LogP contribution in [0.15, 0.2) is 36.4 Å². The number of rotatable bonds is 6. The van der Waals surface area contributed by atoms with E-state index in [9.17, 15) is 4.79 Å². The number of aromatic nitrogens is 1. The Morgan fingerprint density at radius 1 is 1.07 bits per heavy atom. The number of anilines is 3. The Kier molecular flexibility index (Phi) is 5.32. The number of ketones is 1. The first-order chi connectivity index (χ1) is 12.9. The van der Waals surface area contributed by atoms with Crippen molar-refractivity contribution in [2.24, 2.45) is 0 Å². The number of hydrogen-bond donors (Lipinski definition) is 2. The normalized spacial score (nSPS) is 10.5. The Bertz CT molecular complexity index is 978. The van der Waals surface area contributed by atoms with Gasteiger partial charge in [-0.3, -0.25) is 4.79 Å². The van der Waals surface area contributed by atoms with Crippen molar-refractivity contribution in [2.45, 2.75) is 13.8 Å². The first kappa shape index (κ1) is 18.7. The fourth-order valence-electron chi connectivity index (χ4n) is 2.78. The topological polar surface area (TPSA) is 86.5 Å². The molecule has 0 fully saturated rings. The van der Waals surface area contributed by atoms with Gasteiger partial charge in [-0.05, 0) is 43.2 Å². The maximum absolute atomic E-state index is 12.9. The number of carbonyl (C=O) groups excluding carboxylic acids is 1. The molecule has 2 aromatic carbocycles. The molecule has 7 heteroatoms. The van der Waals surface area contributed by atoms with E-state index >= 15 is 0 Å². The van der Waals surface area contributed by atoms with Gasteiger partial charge in [0, 0.05) is 11.3 Å². The van der Waals surface area contributed by atoms with Crippen LogP contribution in [0.25, 0.3) is 0 Å². The molecule has 0 saturated carbocycles. The molecular weight excluding hydrogens is 362 g/mol. The average molecular weight is 383 g/mol. The van der Waals surface area contributed by atoms with E-state index in [1.807, 2.05) is 32.0 Å². The van der Waals surface area contributed by atoms with Gasteiger partial charge in [-0.2, -0.15) is 0 Å². The molecule has 0 saturated heterocycles. The van der Waals surface area contributed by atoms with Crippen molar-refractivity contribution in [1.29, 1.82) is 0 Å². The number of benzene rings is 2. The summed E-state index contributed by atoms with van der Waals surface area (Å²) in [5.74, 6) is 1.04. The van der Waals surface area contributed by atoms with Gasteiger partial charge in [-0.15, -0.1) is 0 Å². The third kappa shape index (κ3) is 3.73. The molecule has 1 heterocycles. The minimum absolute atomic E-state index is 0.202. The van der Waals surface area contributed by atoms with E-state index in [-0.39, 0.29) is 11.6 Å². The highest BCUT2D eigenvalue weighted by atomic mass is 32.1. The SMILES string of the molecule is COc1ccc(C(=O)c2sc(Nc3c(C)cccc3C)nc2N)cc1OC. The Labute approximate surface area is 162 Å². The lowest BCUT2D eigenvalue weighted by atomic mass is 10.1. The van der Waals surface area contributed by atoms with Crippen LogP contribution >= 0.6 is 11.3 Å². The maximum Gasteiger partial charge on any atom is 0.206 e.